The Hall–Kier alpha value is -0.480. The van der Waals surface area contributed by atoms with Crippen molar-refractivity contribution in [3.63, 3.8) is 0 Å². The first-order chi connectivity index (χ1) is 7.33. The van der Waals surface area contributed by atoms with Crippen molar-refractivity contribution in [3.8, 4) is 0 Å². The van der Waals surface area contributed by atoms with Crippen LogP contribution in [0.25, 0.3) is 0 Å². The zero-order chi connectivity index (χ0) is 11.1. The first-order valence-electron chi connectivity index (χ1n) is 5.56. The van der Waals surface area contributed by atoms with Crippen LogP contribution in [0.4, 0.5) is 0 Å². The maximum Gasteiger partial charge on any atom is 0.258 e. The summed E-state index contributed by atoms with van der Waals surface area (Å²) in [6, 6.07) is 0. The van der Waals surface area contributed by atoms with Gasteiger partial charge in [0.25, 0.3) is 5.82 Å². The predicted octanol–water partition coefficient (Wildman–Crippen LogP) is 2.04. The summed E-state index contributed by atoms with van der Waals surface area (Å²) in [5.41, 5.74) is 0. The maximum atomic E-state index is 5.42. The Balaban J connectivity index is 2.66. The molecule has 3 nitrogen and oxygen atoms in total. The normalized spacial score (nSPS) is 10.9. The first-order valence-corrected chi connectivity index (χ1v) is 6.71. The zero-order valence-corrected chi connectivity index (χ0v) is 10.7. The second kappa shape index (κ2) is 6.90. The predicted molar refractivity (Wildman–Crippen MR) is 63.8 cm³/mol. The van der Waals surface area contributed by atoms with Gasteiger partial charge < -0.3 is 4.74 Å². The summed E-state index contributed by atoms with van der Waals surface area (Å²) >= 11 is 1.94. The summed E-state index contributed by atoms with van der Waals surface area (Å²) in [4.78, 5) is 0. The Morgan fingerprint density at radius 2 is 2.20 bits per heavy atom. The molecule has 0 N–H and O–H groups in total. The molecular weight excluding hydrogens is 208 g/mol. The highest BCUT2D eigenvalue weighted by molar-refractivity contribution is 7.98. The van der Waals surface area contributed by atoms with Crippen LogP contribution in [0.3, 0.4) is 0 Å². The van der Waals surface area contributed by atoms with E-state index in [1.807, 2.05) is 18.7 Å². The molecule has 0 bridgehead atoms. The van der Waals surface area contributed by atoms with Crippen LogP contribution < -0.4 is 4.57 Å². The quantitative estimate of drug-likeness (QED) is 0.666. The lowest BCUT2D eigenvalue weighted by molar-refractivity contribution is -0.683. The lowest BCUT2D eigenvalue weighted by Crippen LogP contribution is -2.35. The molecule has 0 fully saturated rings. The summed E-state index contributed by atoms with van der Waals surface area (Å²) in [5, 5.41) is 0. The van der Waals surface area contributed by atoms with E-state index in [0.29, 0.717) is 6.73 Å². The highest BCUT2D eigenvalue weighted by Gasteiger charge is 2.14. The van der Waals surface area contributed by atoms with Gasteiger partial charge in [-0.15, -0.1) is 11.8 Å². The number of ether oxygens (including phenoxy) is 1. The van der Waals surface area contributed by atoms with Gasteiger partial charge in [-0.2, -0.15) is 0 Å². The number of nitrogens with zero attached hydrogens (tertiary/aromatic N) is 2. The molecule has 0 saturated carbocycles. The molecule has 1 heterocycles. The fourth-order valence-electron chi connectivity index (χ4n) is 1.52. The lowest BCUT2D eigenvalue weighted by Gasteiger charge is -2.02. The molecule has 0 amide bonds. The second-order valence-corrected chi connectivity index (χ2v) is 4.50. The van der Waals surface area contributed by atoms with Crippen LogP contribution in [0.15, 0.2) is 12.4 Å². The Morgan fingerprint density at radius 3 is 2.80 bits per heavy atom. The second-order valence-electron chi connectivity index (χ2n) is 3.25. The number of thioether (sulfide) groups is 1. The van der Waals surface area contributed by atoms with E-state index in [0.717, 1.165) is 24.7 Å². The SMILES string of the molecule is CCOCn1cc[n+](CSCC)c1CC. The van der Waals surface area contributed by atoms with Crippen LogP contribution >= 0.6 is 11.8 Å². The molecule has 15 heavy (non-hydrogen) atoms. The van der Waals surface area contributed by atoms with Crippen molar-refractivity contribution < 1.29 is 9.30 Å². The van der Waals surface area contributed by atoms with E-state index in [9.17, 15) is 0 Å². The molecular formula is C11H21N2OS+. The van der Waals surface area contributed by atoms with Crippen LogP contribution in [0.2, 0.25) is 0 Å². The van der Waals surface area contributed by atoms with Gasteiger partial charge in [0.1, 0.15) is 18.3 Å². The fourth-order valence-corrected chi connectivity index (χ4v) is 2.13. The smallest absolute Gasteiger partial charge is 0.258 e. The summed E-state index contributed by atoms with van der Waals surface area (Å²) in [6.45, 7) is 7.84. The molecule has 0 atom stereocenters. The molecule has 0 aliphatic carbocycles. The summed E-state index contributed by atoms with van der Waals surface area (Å²) < 4.78 is 9.90. The number of hydrogen-bond donors (Lipinski definition) is 0. The molecule has 0 radical (unpaired) electrons. The maximum absolute atomic E-state index is 5.42. The van der Waals surface area contributed by atoms with Gasteiger partial charge in [0.05, 0.1) is 0 Å². The number of aromatic nitrogens is 2. The molecule has 1 aromatic heterocycles. The monoisotopic (exact) mass is 229 g/mol. The van der Waals surface area contributed by atoms with Gasteiger partial charge in [-0.25, -0.2) is 9.13 Å². The summed E-state index contributed by atoms with van der Waals surface area (Å²) in [7, 11) is 0. The molecule has 0 saturated heterocycles. The first kappa shape index (κ1) is 12.6. The van der Waals surface area contributed by atoms with Gasteiger partial charge in [-0.3, -0.25) is 0 Å². The van der Waals surface area contributed by atoms with E-state index < -0.39 is 0 Å². The van der Waals surface area contributed by atoms with Crippen LogP contribution in [0.5, 0.6) is 0 Å². The highest BCUT2D eigenvalue weighted by Crippen LogP contribution is 2.03. The van der Waals surface area contributed by atoms with E-state index in [1.165, 1.54) is 5.82 Å². The van der Waals surface area contributed by atoms with Crippen molar-refractivity contribution in [2.45, 2.75) is 39.8 Å². The standard InChI is InChI=1S/C11H21N2OS/c1-4-11-12(9-14-5-2)7-8-13(11)10-15-6-3/h7-8H,4-6,9-10H2,1-3H3/q+1. The Kier molecular flexibility index (Phi) is 5.79. The van der Waals surface area contributed by atoms with Crippen molar-refractivity contribution in [2.24, 2.45) is 0 Å². The third-order valence-corrected chi connectivity index (χ3v) is 3.14. The number of rotatable bonds is 7. The zero-order valence-electron chi connectivity index (χ0n) is 9.90. The Morgan fingerprint density at radius 1 is 1.40 bits per heavy atom. The van der Waals surface area contributed by atoms with E-state index in [1.54, 1.807) is 0 Å². The van der Waals surface area contributed by atoms with Crippen LogP contribution in [0, 0.1) is 0 Å². The average Bonchev–Trinajstić information content (AvgIpc) is 2.65. The Bertz CT molecular complexity index is 261. The van der Waals surface area contributed by atoms with Crippen LogP contribution in [0.1, 0.15) is 26.6 Å². The van der Waals surface area contributed by atoms with E-state index in [2.05, 4.69) is 35.4 Å². The van der Waals surface area contributed by atoms with E-state index in [-0.39, 0.29) is 0 Å². The van der Waals surface area contributed by atoms with Gasteiger partial charge in [0, 0.05) is 13.0 Å². The minimum atomic E-state index is 0.670. The van der Waals surface area contributed by atoms with Crippen LogP contribution in [-0.2, 0) is 23.8 Å². The van der Waals surface area contributed by atoms with Crippen molar-refractivity contribution in [3.05, 3.63) is 18.2 Å². The Labute approximate surface area is 96.4 Å². The summed E-state index contributed by atoms with van der Waals surface area (Å²) in [6.07, 6.45) is 5.29. The van der Waals surface area contributed by atoms with Gasteiger partial charge in [0.15, 0.2) is 6.73 Å². The van der Waals surface area contributed by atoms with Crippen molar-refractivity contribution in [1.82, 2.24) is 4.57 Å². The van der Waals surface area contributed by atoms with Crippen LogP contribution in [-0.4, -0.2) is 16.9 Å². The largest absolute Gasteiger partial charge is 0.342 e. The molecule has 4 heteroatoms. The van der Waals surface area contributed by atoms with Crippen molar-refractivity contribution >= 4 is 11.8 Å². The molecule has 0 aromatic carbocycles. The van der Waals surface area contributed by atoms with E-state index >= 15 is 0 Å². The fraction of sp³-hybridized carbons (Fsp3) is 0.727. The molecule has 0 aliphatic rings. The molecule has 0 unspecified atom stereocenters. The average molecular weight is 229 g/mol. The number of hydrogen-bond acceptors (Lipinski definition) is 2. The number of imidazole rings is 1. The topological polar surface area (TPSA) is 18.0 Å². The van der Waals surface area contributed by atoms with Gasteiger partial charge in [0.2, 0.25) is 0 Å². The summed E-state index contributed by atoms with van der Waals surface area (Å²) in [5.74, 6) is 3.54. The molecule has 0 spiro atoms. The molecule has 86 valence electrons. The minimum absolute atomic E-state index is 0.670. The lowest BCUT2D eigenvalue weighted by atomic mass is 10.4. The van der Waals surface area contributed by atoms with Gasteiger partial charge in [-0.05, 0) is 12.7 Å². The van der Waals surface area contributed by atoms with E-state index in [4.69, 9.17) is 4.74 Å². The third-order valence-electron chi connectivity index (χ3n) is 2.27. The van der Waals surface area contributed by atoms with Gasteiger partial charge in [-0.1, -0.05) is 13.8 Å². The molecule has 0 aliphatic heterocycles. The van der Waals surface area contributed by atoms with Crippen molar-refractivity contribution in [1.29, 1.82) is 0 Å². The molecule has 1 rings (SSSR count). The molecule has 1 aromatic rings. The highest BCUT2D eigenvalue weighted by atomic mass is 32.2. The van der Waals surface area contributed by atoms with Gasteiger partial charge >= 0.3 is 0 Å². The van der Waals surface area contributed by atoms with Crippen molar-refractivity contribution in [2.75, 3.05) is 12.4 Å². The third kappa shape index (κ3) is 3.54. The minimum Gasteiger partial charge on any atom is -0.342 e.